The maximum atomic E-state index is 13.8. The molecule has 192 valence electrons. The molecule has 1 atom stereocenters. The van der Waals surface area contributed by atoms with Gasteiger partial charge in [-0.3, -0.25) is 14.6 Å². The molecular formula is C29H37N3O4. The third-order valence-corrected chi connectivity index (χ3v) is 7.99. The zero-order chi connectivity index (χ0) is 25.6. The first-order valence-electron chi connectivity index (χ1n) is 13.0. The van der Waals surface area contributed by atoms with Gasteiger partial charge in [-0.05, 0) is 63.6 Å². The number of piperidine rings is 1. The van der Waals surface area contributed by atoms with E-state index in [0.717, 1.165) is 60.6 Å². The van der Waals surface area contributed by atoms with Gasteiger partial charge in [0.25, 0.3) is 0 Å². The van der Waals surface area contributed by atoms with Crippen LogP contribution in [0.5, 0.6) is 5.75 Å². The lowest BCUT2D eigenvalue weighted by atomic mass is 9.79. The van der Waals surface area contributed by atoms with Crippen LogP contribution in [0.2, 0.25) is 0 Å². The molecule has 3 aliphatic rings. The zero-order valence-corrected chi connectivity index (χ0v) is 22.0. The fraction of sp³-hybridized carbons (Fsp3) is 0.517. The number of hydrogen-bond acceptors (Lipinski definition) is 5. The molecule has 0 bridgehead atoms. The van der Waals surface area contributed by atoms with E-state index in [1.54, 1.807) is 7.11 Å². The minimum atomic E-state index is -0.310. The van der Waals surface area contributed by atoms with Crippen LogP contribution < -0.4 is 14.5 Å². The quantitative estimate of drug-likeness (QED) is 0.585. The number of rotatable bonds is 4. The molecule has 0 radical (unpaired) electrons. The summed E-state index contributed by atoms with van der Waals surface area (Å²) in [6.07, 6.45) is 2.23. The van der Waals surface area contributed by atoms with E-state index in [-0.39, 0.29) is 23.6 Å². The number of nitrogens with zero attached hydrogens (tertiary/aromatic N) is 3. The van der Waals surface area contributed by atoms with E-state index in [1.165, 1.54) is 5.56 Å². The van der Waals surface area contributed by atoms with Crippen molar-refractivity contribution in [1.82, 2.24) is 4.90 Å². The summed E-state index contributed by atoms with van der Waals surface area (Å²) in [7, 11) is 1.67. The number of anilines is 2. The second-order valence-corrected chi connectivity index (χ2v) is 11.1. The van der Waals surface area contributed by atoms with Crippen LogP contribution in [0.3, 0.4) is 0 Å². The number of aryl methyl sites for hydroxylation is 1. The molecule has 7 nitrogen and oxygen atoms in total. The van der Waals surface area contributed by atoms with Crippen molar-refractivity contribution < 1.29 is 19.1 Å². The molecular weight excluding hydrogens is 454 g/mol. The molecule has 0 spiro atoms. The van der Waals surface area contributed by atoms with E-state index in [4.69, 9.17) is 9.47 Å². The molecule has 0 N–H and O–H groups in total. The van der Waals surface area contributed by atoms with Crippen LogP contribution in [0.1, 0.15) is 62.6 Å². The highest BCUT2D eigenvalue weighted by Crippen LogP contribution is 2.47. The first-order chi connectivity index (χ1) is 17.2. The Labute approximate surface area is 214 Å². The number of ether oxygens (including phenoxy) is 2. The maximum absolute atomic E-state index is 13.8. The fourth-order valence-electron chi connectivity index (χ4n) is 6.37. The Balaban J connectivity index is 1.30. The van der Waals surface area contributed by atoms with Crippen LogP contribution in [-0.2, 0) is 16.1 Å². The van der Waals surface area contributed by atoms with E-state index >= 15 is 0 Å². The Hall–Kier alpha value is -3.06. The molecule has 2 aromatic carbocycles. The van der Waals surface area contributed by atoms with Crippen LogP contribution in [0.4, 0.5) is 16.2 Å². The summed E-state index contributed by atoms with van der Waals surface area (Å²) in [5.74, 6) is 1.19. The largest absolute Gasteiger partial charge is 0.495 e. The van der Waals surface area contributed by atoms with Gasteiger partial charge in [-0.1, -0.05) is 36.8 Å². The lowest BCUT2D eigenvalue weighted by molar-refractivity contribution is -0.121. The number of carbonyl (C=O) groups is 2. The molecule has 36 heavy (non-hydrogen) atoms. The number of likely N-dealkylation sites (tertiary alicyclic amines) is 1. The highest BCUT2D eigenvalue weighted by Gasteiger charge is 2.42. The predicted octanol–water partition coefficient (Wildman–Crippen LogP) is 5.24. The van der Waals surface area contributed by atoms with Crippen molar-refractivity contribution in [2.75, 3.05) is 36.5 Å². The molecule has 5 rings (SSSR count). The maximum Gasteiger partial charge on any atom is 0.414 e. The van der Waals surface area contributed by atoms with Crippen molar-refractivity contribution in [3.05, 3.63) is 53.1 Å². The molecule has 7 heteroatoms. The minimum absolute atomic E-state index is 0.0682. The van der Waals surface area contributed by atoms with E-state index in [9.17, 15) is 9.59 Å². The van der Waals surface area contributed by atoms with Crippen LogP contribution in [0.15, 0.2) is 36.4 Å². The Bertz CT molecular complexity index is 1170. The van der Waals surface area contributed by atoms with Gasteiger partial charge in [-0.25, -0.2) is 4.79 Å². The number of methoxy groups -OCH3 is 1. The van der Waals surface area contributed by atoms with Crippen molar-refractivity contribution in [3.8, 4) is 5.75 Å². The van der Waals surface area contributed by atoms with Gasteiger partial charge in [-0.15, -0.1) is 0 Å². The smallest absolute Gasteiger partial charge is 0.414 e. The van der Waals surface area contributed by atoms with Gasteiger partial charge in [0.1, 0.15) is 12.4 Å². The molecule has 1 unspecified atom stereocenters. The van der Waals surface area contributed by atoms with Gasteiger partial charge in [0.2, 0.25) is 5.91 Å². The summed E-state index contributed by atoms with van der Waals surface area (Å²) in [5.41, 5.74) is 4.94. The summed E-state index contributed by atoms with van der Waals surface area (Å²) < 4.78 is 11.2. The van der Waals surface area contributed by atoms with E-state index in [2.05, 4.69) is 44.7 Å². The van der Waals surface area contributed by atoms with Crippen molar-refractivity contribution in [2.45, 2.75) is 71.1 Å². The Morgan fingerprint density at radius 1 is 1.17 bits per heavy atom. The highest BCUT2D eigenvalue weighted by atomic mass is 16.6. The molecule has 3 aliphatic heterocycles. The normalized spacial score (nSPS) is 22.0. The van der Waals surface area contributed by atoms with Gasteiger partial charge in [0.15, 0.2) is 0 Å². The average Bonchev–Trinajstić information content (AvgIpc) is 2.84. The third-order valence-electron chi connectivity index (χ3n) is 7.99. The zero-order valence-electron chi connectivity index (χ0n) is 22.0. The van der Waals surface area contributed by atoms with Gasteiger partial charge in [0.05, 0.1) is 25.0 Å². The first kappa shape index (κ1) is 24.6. The number of benzene rings is 2. The summed E-state index contributed by atoms with van der Waals surface area (Å²) in [4.78, 5) is 32.5. The summed E-state index contributed by atoms with van der Waals surface area (Å²) in [6.45, 7) is 10.7. The minimum Gasteiger partial charge on any atom is -0.495 e. The standard InChI is InChI=1S/C29H37N3O4/c1-19-9-10-24-21(15-19)18-36-28(34)31(24)22-11-13-30(14-12-22)17-26(33)32-27-23(7-6-8-25(27)35-5)20(2)16-29(32,3)4/h6-10,15,20,22H,11-14,16-18H2,1-5H3. The summed E-state index contributed by atoms with van der Waals surface area (Å²) >= 11 is 0. The Morgan fingerprint density at radius 2 is 1.92 bits per heavy atom. The molecule has 2 aromatic rings. The first-order valence-corrected chi connectivity index (χ1v) is 13.0. The Morgan fingerprint density at radius 3 is 2.64 bits per heavy atom. The summed E-state index contributed by atoms with van der Waals surface area (Å²) in [6, 6.07) is 12.3. The number of cyclic esters (lactones) is 1. The molecule has 0 aliphatic carbocycles. The fourth-order valence-corrected chi connectivity index (χ4v) is 6.37. The molecule has 1 saturated heterocycles. The van der Waals surface area contributed by atoms with Gasteiger partial charge < -0.3 is 14.4 Å². The van der Waals surface area contributed by atoms with Crippen LogP contribution in [0, 0.1) is 6.92 Å². The second-order valence-electron chi connectivity index (χ2n) is 11.1. The van der Waals surface area contributed by atoms with Gasteiger partial charge in [-0.2, -0.15) is 0 Å². The average molecular weight is 492 g/mol. The van der Waals surface area contributed by atoms with Gasteiger partial charge >= 0.3 is 6.09 Å². The van der Waals surface area contributed by atoms with Crippen molar-refractivity contribution >= 4 is 23.4 Å². The SMILES string of the molecule is COc1cccc2c1N(C(=O)CN1CCC(N3C(=O)OCc4cc(C)ccc43)CC1)C(C)(C)CC2C. The van der Waals surface area contributed by atoms with Crippen LogP contribution in [0.25, 0.3) is 0 Å². The molecule has 1 fully saturated rings. The van der Waals surface area contributed by atoms with Crippen LogP contribution in [-0.4, -0.2) is 55.2 Å². The predicted molar refractivity (Wildman–Crippen MR) is 141 cm³/mol. The third kappa shape index (κ3) is 4.34. The van der Waals surface area contributed by atoms with Crippen molar-refractivity contribution in [3.63, 3.8) is 0 Å². The molecule has 3 heterocycles. The lowest BCUT2D eigenvalue weighted by Gasteiger charge is -2.47. The Kier molecular flexibility index (Phi) is 6.45. The number of para-hydroxylation sites is 1. The highest BCUT2D eigenvalue weighted by molar-refractivity contribution is 5.99. The van der Waals surface area contributed by atoms with E-state index in [1.807, 2.05) is 34.1 Å². The number of amides is 2. The van der Waals surface area contributed by atoms with E-state index in [0.29, 0.717) is 19.1 Å². The second kappa shape index (κ2) is 9.43. The van der Waals surface area contributed by atoms with Gasteiger partial charge in [0, 0.05) is 30.2 Å². The summed E-state index contributed by atoms with van der Waals surface area (Å²) in [5, 5.41) is 0. The number of fused-ring (bicyclic) bond motifs is 2. The van der Waals surface area contributed by atoms with Crippen LogP contribution >= 0.6 is 0 Å². The molecule has 0 saturated carbocycles. The molecule has 0 aromatic heterocycles. The van der Waals surface area contributed by atoms with Crippen molar-refractivity contribution in [1.29, 1.82) is 0 Å². The number of hydrogen-bond donors (Lipinski definition) is 0. The van der Waals surface area contributed by atoms with E-state index < -0.39 is 0 Å². The molecule has 2 amide bonds. The lowest BCUT2D eigenvalue weighted by Crippen LogP contribution is -2.56. The number of carbonyl (C=O) groups excluding carboxylic acids is 2. The topological polar surface area (TPSA) is 62.3 Å². The monoisotopic (exact) mass is 491 g/mol. The van der Waals surface area contributed by atoms with Crippen molar-refractivity contribution in [2.24, 2.45) is 0 Å².